The van der Waals surface area contributed by atoms with Crippen molar-refractivity contribution in [3.63, 3.8) is 0 Å². The van der Waals surface area contributed by atoms with E-state index < -0.39 is 44.7 Å². The van der Waals surface area contributed by atoms with Gasteiger partial charge in [0.05, 0.1) is 11.3 Å². The van der Waals surface area contributed by atoms with Gasteiger partial charge in [0, 0.05) is 13.6 Å². The molecule has 0 aliphatic carbocycles. The standard InChI is InChI=1S/C10H12F3N3O4S/c1-14-7-3-2-4-8(9(7)16(17)18)21(19,20)15-6-5-10(11,12)13/h2-4,14-15H,5-6H2,1H3. The topological polar surface area (TPSA) is 101 Å². The van der Waals surface area contributed by atoms with Crippen molar-refractivity contribution >= 4 is 21.4 Å². The lowest BCUT2D eigenvalue weighted by molar-refractivity contribution is -0.386. The van der Waals surface area contributed by atoms with Gasteiger partial charge in [-0.15, -0.1) is 0 Å². The Morgan fingerprint density at radius 2 is 1.95 bits per heavy atom. The minimum absolute atomic E-state index is 0.0568. The summed E-state index contributed by atoms with van der Waals surface area (Å²) in [7, 11) is -3.07. The summed E-state index contributed by atoms with van der Waals surface area (Å²) in [6.07, 6.45) is -5.90. The third kappa shape index (κ3) is 4.56. The number of rotatable bonds is 6. The van der Waals surface area contributed by atoms with E-state index in [1.54, 1.807) is 4.72 Å². The second kappa shape index (κ2) is 6.26. The van der Waals surface area contributed by atoms with E-state index in [4.69, 9.17) is 0 Å². The second-order valence-corrected chi connectivity index (χ2v) is 5.66. The van der Waals surface area contributed by atoms with Gasteiger partial charge >= 0.3 is 11.9 Å². The Kier molecular flexibility index (Phi) is 5.12. The predicted molar refractivity (Wildman–Crippen MR) is 68.5 cm³/mol. The molecule has 1 aromatic rings. The first-order valence-electron chi connectivity index (χ1n) is 5.60. The van der Waals surface area contributed by atoms with E-state index in [1.807, 2.05) is 0 Å². The molecular formula is C10H12F3N3O4S. The highest BCUT2D eigenvalue weighted by Gasteiger charge is 2.31. The smallest absolute Gasteiger partial charge is 0.383 e. The summed E-state index contributed by atoms with van der Waals surface area (Å²) >= 11 is 0. The molecule has 0 aliphatic heterocycles. The maximum absolute atomic E-state index is 12.0. The summed E-state index contributed by atoms with van der Waals surface area (Å²) in [5.41, 5.74) is -0.779. The van der Waals surface area contributed by atoms with E-state index >= 15 is 0 Å². The van der Waals surface area contributed by atoms with Crippen molar-refractivity contribution in [2.45, 2.75) is 17.5 Å². The van der Waals surface area contributed by atoms with Gasteiger partial charge in [-0.05, 0) is 12.1 Å². The van der Waals surface area contributed by atoms with Gasteiger partial charge in [0.2, 0.25) is 10.0 Å². The fourth-order valence-corrected chi connectivity index (χ4v) is 2.76. The first kappa shape index (κ1) is 17.2. The van der Waals surface area contributed by atoms with Crippen LogP contribution in [0.1, 0.15) is 6.42 Å². The van der Waals surface area contributed by atoms with Crippen molar-refractivity contribution in [1.82, 2.24) is 4.72 Å². The third-order valence-electron chi connectivity index (χ3n) is 2.44. The number of halogens is 3. The molecule has 2 N–H and O–H groups in total. The maximum atomic E-state index is 12.0. The van der Waals surface area contributed by atoms with Gasteiger partial charge in [0.15, 0.2) is 4.90 Å². The largest absolute Gasteiger partial charge is 0.390 e. The molecule has 118 valence electrons. The molecule has 0 aromatic heterocycles. The number of anilines is 1. The molecule has 0 unspecified atom stereocenters. The van der Waals surface area contributed by atoms with Crippen LogP contribution in [-0.2, 0) is 10.0 Å². The second-order valence-electron chi connectivity index (χ2n) is 3.92. The Morgan fingerprint density at radius 3 is 2.43 bits per heavy atom. The number of para-hydroxylation sites is 1. The average molecular weight is 327 g/mol. The fraction of sp³-hybridized carbons (Fsp3) is 0.400. The van der Waals surface area contributed by atoms with E-state index in [2.05, 4.69) is 5.32 Å². The molecule has 21 heavy (non-hydrogen) atoms. The van der Waals surface area contributed by atoms with Crippen molar-refractivity contribution in [2.75, 3.05) is 18.9 Å². The van der Waals surface area contributed by atoms with E-state index in [9.17, 15) is 31.7 Å². The normalized spacial score (nSPS) is 12.2. The lowest BCUT2D eigenvalue weighted by Crippen LogP contribution is -2.28. The Labute approximate surface area is 118 Å². The van der Waals surface area contributed by atoms with Crippen molar-refractivity contribution in [1.29, 1.82) is 0 Å². The maximum Gasteiger partial charge on any atom is 0.390 e. The molecule has 0 atom stereocenters. The van der Waals surface area contributed by atoms with Gasteiger partial charge in [-0.2, -0.15) is 13.2 Å². The van der Waals surface area contributed by atoms with E-state index in [1.165, 1.54) is 19.2 Å². The first-order valence-corrected chi connectivity index (χ1v) is 7.08. The quantitative estimate of drug-likeness (QED) is 0.613. The summed E-state index contributed by atoms with van der Waals surface area (Å²) in [5, 5.41) is 13.4. The monoisotopic (exact) mass is 327 g/mol. The number of sulfonamides is 1. The fourth-order valence-electron chi connectivity index (χ4n) is 1.53. The summed E-state index contributed by atoms with van der Waals surface area (Å²) in [5.74, 6) is 0. The van der Waals surface area contributed by atoms with Crippen LogP contribution in [0.15, 0.2) is 23.1 Å². The molecule has 1 aromatic carbocycles. The Balaban J connectivity index is 3.11. The SMILES string of the molecule is CNc1cccc(S(=O)(=O)NCCC(F)(F)F)c1[N+](=O)[O-]. The predicted octanol–water partition coefficient (Wildman–Crippen LogP) is 1.87. The van der Waals surface area contributed by atoms with Crippen LogP contribution in [-0.4, -0.2) is 33.1 Å². The number of nitrogens with zero attached hydrogens (tertiary/aromatic N) is 1. The number of nitro groups is 1. The van der Waals surface area contributed by atoms with Crippen LogP contribution < -0.4 is 10.0 Å². The number of hydrogen-bond donors (Lipinski definition) is 2. The van der Waals surface area contributed by atoms with Crippen LogP contribution >= 0.6 is 0 Å². The Hall–Kier alpha value is -1.88. The molecule has 11 heteroatoms. The molecule has 0 bridgehead atoms. The zero-order valence-electron chi connectivity index (χ0n) is 10.8. The zero-order chi connectivity index (χ0) is 16.3. The molecule has 0 spiro atoms. The molecule has 0 saturated heterocycles. The summed E-state index contributed by atoms with van der Waals surface area (Å²) in [6.45, 7) is -0.896. The molecule has 0 amide bonds. The van der Waals surface area contributed by atoms with Crippen LogP contribution in [0.5, 0.6) is 0 Å². The van der Waals surface area contributed by atoms with Crippen molar-refractivity contribution in [3.8, 4) is 0 Å². The first-order chi connectivity index (χ1) is 9.58. The minimum atomic E-state index is -4.53. The van der Waals surface area contributed by atoms with Crippen molar-refractivity contribution in [3.05, 3.63) is 28.3 Å². The van der Waals surface area contributed by atoms with Crippen LogP contribution in [0.3, 0.4) is 0 Å². The molecule has 0 radical (unpaired) electrons. The van der Waals surface area contributed by atoms with Gasteiger partial charge in [0.25, 0.3) is 0 Å². The highest BCUT2D eigenvalue weighted by atomic mass is 32.2. The molecule has 0 heterocycles. The summed E-state index contributed by atoms with van der Waals surface area (Å²) < 4.78 is 61.5. The van der Waals surface area contributed by atoms with E-state index in [-0.39, 0.29) is 5.69 Å². The molecule has 0 aliphatic rings. The highest BCUT2D eigenvalue weighted by molar-refractivity contribution is 7.89. The molecule has 0 saturated carbocycles. The molecule has 7 nitrogen and oxygen atoms in total. The van der Waals surface area contributed by atoms with Crippen LogP contribution in [0.25, 0.3) is 0 Å². The van der Waals surface area contributed by atoms with Crippen LogP contribution in [0.2, 0.25) is 0 Å². The van der Waals surface area contributed by atoms with Crippen molar-refractivity contribution < 1.29 is 26.5 Å². The van der Waals surface area contributed by atoms with Crippen molar-refractivity contribution in [2.24, 2.45) is 0 Å². The third-order valence-corrected chi connectivity index (χ3v) is 3.93. The molecule has 1 rings (SSSR count). The number of hydrogen-bond acceptors (Lipinski definition) is 5. The Morgan fingerprint density at radius 1 is 1.33 bits per heavy atom. The number of benzene rings is 1. The zero-order valence-corrected chi connectivity index (χ0v) is 11.6. The van der Waals surface area contributed by atoms with Gasteiger partial charge < -0.3 is 5.32 Å². The van der Waals surface area contributed by atoms with E-state index in [0.717, 1.165) is 6.07 Å². The lowest BCUT2D eigenvalue weighted by atomic mass is 10.3. The van der Waals surface area contributed by atoms with Gasteiger partial charge in [-0.25, -0.2) is 13.1 Å². The summed E-state index contributed by atoms with van der Waals surface area (Å²) in [4.78, 5) is 9.37. The number of alkyl halides is 3. The van der Waals surface area contributed by atoms with E-state index in [0.29, 0.717) is 0 Å². The Bertz CT molecular complexity index is 631. The number of nitro benzene ring substituents is 1. The molecular weight excluding hydrogens is 315 g/mol. The van der Waals surface area contributed by atoms with Crippen LogP contribution in [0, 0.1) is 10.1 Å². The van der Waals surface area contributed by atoms with Gasteiger partial charge in [0.1, 0.15) is 5.69 Å². The minimum Gasteiger partial charge on any atom is -0.383 e. The van der Waals surface area contributed by atoms with Gasteiger partial charge in [-0.3, -0.25) is 10.1 Å². The average Bonchev–Trinajstić information content (AvgIpc) is 2.35. The number of nitrogens with one attached hydrogen (secondary N) is 2. The molecule has 0 fully saturated rings. The lowest BCUT2D eigenvalue weighted by Gasteiger charge is -2.10. The van der Waals surface area contributed by atoms with Crippen LogP contribution in [0.4, 0.5) is 24.5 Å². The highest BCUT2D eigenvalue weighted by Crippen LogP contribution is 2.31. The van der Waals surface area contributed by atoms with Gasteiger partial charge in [-0.1, -0.05) is 6.07 Å². The summed E-state index contributed by atoms with van der Waals surface area (Å²) in [6, 6.07) is 3.49.